The molecule has 0 saturated carbocycles. The van der Waals surface area contributed by atoms with Gasteiger partial charge in [-0.15, -0.1) is 0 Å². The highest BCUT2D eigenvalue weighted by Crippen LogP contribution is 2.43. The average molecular weight is 512 g/mol. The Morgan fingerprint density at radius 2 is 1.07 bits per heavy atom. The number of benzene rings is 7. The molecule has 2 nitrogen and oxygen atoms in total. The fourth-order valence-corrected chi connectivity index (χ4v) is 5.88. The molecule has 2 heteroatoms. The van der Waals surface area contributed by atoms with Crippen LogP contribution in [-0.4, -0.2) is 0 Å². The first-order valence-corrected chi connectivity index (χ1v) is 13.6. The SMILES string of the molecule is c1cc(-c2cc3ccccc3o2)cc(N(c2ccc3ccccc3c2)c2cc3ccccc3c3ccccc23)c1. The Kier molecular flexibility index (Phi) is 5.17. The Balaban J connectivity index is 1.40. The van der Waals surface area contributed by atoms with Crippen molar-refractivity contribution >= 4 is 60.3 Å². The average Bonchev–Trinajstić information content (AvgIpc) is 3.46. The molecule has 0 bridgehead atoms. The predicted molar refractivity (Wildman–Crippen MR) is 169 cm³/mol. The van der Waals surface area contributed by atoms with Gasteiger partial charge in [0, 0.05) is 27.7 Å². The van der Waals surface area contributed by atoms with Crippen molar-refractivity contribution in [3.8, 4) is 11.3 Å². The number of hydrogen-bond donors (Lipinski definition) is 0. The molecule has 0 aliphatic heterocycles. The maximum absolute atomic E-state index is 6.27. The fraction of sp³-hybridized carbons (Fsp3) is 0. The normalized spacial score (nSPS) is 11.5. The zero-order valence-electron chi connectivity index (χ0n) is 21.8. The molecule has 0 aliphatic carbocycles. The number of fused-ring (bicyclic) bond motifs is 5. The van der Waals surface area contributed by atoms with Crippen LogP contribution in [0.4, 0.5) is 17.1 Å². The number of furan rings is 1. The van der Waals surface area contributed by atoms with Gasteiger partial charge < -0.3 is 9.32 Å². The summed E-state index contributed by atoms with van der Waals surface area (Å²) in [6.07, 6.45) is 0. The van der Waals surface area contributed by atoms with Crippen LogP contribution in [0, 0.1) is 0 Å². The van der Waals surface area contributed by atoms with Crippen molar-refractivity contribution in [3.05, 3.63) is 152 Å². The highest BCUT2D eigenvalue weighted by Gasteiger charge is 2.19. The van der Waals surface area contributed by atoms with Crippen molar-refractivity contribution in [2.24, 2.45) is 0 Å². The molecule has 0 amide bonds. The molecule has 0 saturated heterocycles. The van der Waals surface area contributed by atoms with Gasteiger partial charge in [0.2, 0.25) is 0 Å². The number of anilines is 3. The molecule has 0 spiro atoms. The van der Waals surface area contributed by atoms with E-state index in [1.54, 1.807) is 0 Å². The Hall–Kier alpha value is -5.34. The van der Waals surface area contributed by atoms with Crippen molar-refractivity contribution in [2.75, 3.05) is 4.90 Å². The largest absolute Gasteiger partial charge is 0.456 e. The summed E-state index contributed by atoms with van der Waals surface area (Å²) >= 11 is 0. The first-order valence-electron chi connectivity index (χ1n) is 13.6. The van der Waals surface area contributed by atoms with Gasteiger partial charge in [-0.3, -0.25) is 0 Å². The topological polar surface area (TPSA) is 16.4 Å². The lowest BCUT2D eigenvalue weighted by atomic mass is 9.98. The maximum Gasteiger partial charge on any atom is 0.135 e. The summed E-state index contributed by atoms with van der Waals surface area (Å²) in [5.41, 5.74) is 5.28. The minimum Gasteiger partial charge on any atom is -0.456 e. The van der Waals surface area contributed by atoms with E-state index in [1.807, 2.05) is 18.2 Å². The number of nitrogens with zero attached hydrogens (tertiary/aromatic N) is 1. The van der Waals surface area contributed by atoms with E-state index in [0.717, 1.165) is 39.4 Å². The summed E-state index contributed by atoms with van der Waals surface area (Å²) in [5.74, 6) is 0.866. The third-order valence-corrected chi connectivity index (χ3v) is 7.79. The molecule has 0 N–H and O–H groups in total. The van der Waals surface area contributed by atoms with Gasteiger partial charge in [0.05, 0.1) is 5.69 Å². The molecule has 0 aliphatic rings. The van der Waals surface area contributed by atoms with Crippen LogP contribution in [0.2, 0.25) is 0 Å². The van der Waals surface area contributed by atoms with Crippen LogP contribution in [-0.2, 0) is 0 Å². The van der Waals surface area contributed by atoms with E-state index in [9.17, 15) is 0 Å². The van der Waals surface area contributed by atoms with Gasteiger partial charge in [-0.1, -0.05) is 109 Å². The lowest BCUT2D eigenvalue weighted by Gasteiger charge is -2.28. The summed E-state index contributed by atoms with van der Waals surface area (Å²) in [4.78, 5) is 2.38. The van der Waals surface area contributed by atoms with Crippen LogP contribution in [0.25, 0.3) is 54.6 Å². The van der Waals surface area contributed by atoms with Crippen LogP contribution in [0.1, 0.15) is 0 Å². The summed E-state index contributed by atoms with van der Waals surface area (Å²) in [6, 6.07) is 53.9. The molecule has 40 heavy (non-hydrogen) atoms. The van der Waals surface area contributed by atoms with Crippen LogP contribution < -0.4 is 4.90 Å². The quantitative estimate of drug-likeness (QED) is 0.218. The Labute approximate surface area is 232 Å². The monoisotopic (exact) mass is 511 g/mol. The lowest BCUT2D eigenvalue weighted by Crippen LogP contribution is -2.10. The molecule has 1 aromatic heterocycles. The summed E-state index contributed by atoms with van der Waals surface area (Å²) in [5, 5.41) is 8.48. The third kappa shape index (κ3) is 3.73. The van der Waals surface area contributed by atoms with Crippen molar-refractivity contribution in [3.63, 3.8) is 0 Å². The number of hydrogen-bond acceptors (Lipinski definition) is 2. The molecular formula is C38H25NO. The molecule has 0 radical (unpaired) electrons. The molecule has 0 fully saturated rings. The van der Waals surface area contributed by atoms with Crippen molar-refractivity contribution in [1.82, 2.24) is 0 Å². The lowest BCUT2D eigenvalue weighted by molar-refractivity contribution is 0.631. The van der Waals surface area contributed by atoms with E-state index in [4.69, 9.17) is 4.42 Å². The van der Waals surface area contributed by atoms with Crippen LogP contribution in [0.5, 0.6) is 0 Å². The minimum atomic E-state index is 0.866. The first-order chi connectivity index (χ1) is 19.8. The molecule has 188 valence electrons. The molecular weight excluding hydrogens is 486 g/mol. The van der Waals surface area contributed by atoms with Gasteiger partial charge in [-0.2, -0.15) is 0 Å². The van der Waals surface area contributed by atoms with E-state index < -0.39 is 0 Å². The highest BCUT2D eigenvalue weighted by atomic mass is 16.3. The summed E-state index contributed by atoms with van der Waals surface area (Å²) in [7, 11) is 0. The van der Waals surface area contributed by atoms with Gasteiger partial charge >= 0.3 is 0 Å². The van der Waals surface area contributed by atoms with E-state index in [1.165, 1.54) is 32.3 Å². The van der Waals surface area contributed by atoms with Crippen LogP contribution in [0.15, 0.2) is 156 Å². The van der Waals surface area contributed by atoms with E-state index in [2.05, 4.69) is 138 Å². The van der Waals surface area contributed by atoms with Gasteiger partial charge in [-0.25, -0.2) is 0 Å². The fourth-order valence-electron chi connectivity index (χ4n) is 5.88. The standard InChI is InChI=1S/C38H25NO/c1-2-11-27-22-32(21-20-26(27)10-1)39(36-24-28-12-3-5-16-33(28)34-17-6-7-18-35(34)36)31-15-9-14-29(23-31)38-25-30-13-4-8-19-37(30)40-38/h1-25H. The maximum atomic E-state index is 6.27. The molecule has 0 unspecified atom stereocenters. The van der Waals surface area contributed by atoms with Crippen LogP contribution in [0.3, 0.4) is 0 Å². The van der Waals surface area contributed by atoms with Gasteiger partial charge in [0.15, 0.2) is 0 Å². The van der Waals surface area contributed by atoms with Gasteiger partial charge in [0.1, 0.15) is 11.3 Å². The molecule has 7 aromatic carbocycles. The van der Waals surface area contributed by atoms with E-state index >= 15 is 0 Å². The molecule has 8 rings (SSSR count). The Morgan fingerprint density at radius 3 is 1.93 bits per heavy atom. The minimum absolute atomic E-state index is 0.866. The predicted octanol–water partition coefficient (Wildman–Crippen LogP) is 11.0. The van der Waals surface area contributed by atoms with Crippen molar-refractivity contribution < 1.29 is 4.42 Å². The third-order valence-electron chi connectivity index (χ3n) is 7.79. The molecule has 8 aromatic rings. The second-order valence-corrected chi connectivity index (χ2v) is 10.2. The van der Waals surface area contributed by atoms with Crippen molar-refractivity contribution in [2.45, 2.75) is 0 Å². The second kappa shape index (κ2) is 9.14. The number of para-hydroxylation sites is 1. The zero-order chi connectivity index (χ0) is 26.5. The van der Waals surface area contributed by atoms with E-state index in [-0.39, 0.29) is 0 Å². The van der Waals surface area contributed by atoms with Crippen molar-refractivity contribution in [1.29, 1.82) is 0 Å². The summed E-state index contributed by atoms with van der Waals surface area (Å²) < 4.78 is 6.27. The zero-order valence-corrected chi connectivity index (χ0v) is 21.8. The Morgan fingerprint density at radius 1 is 0.400 bits per heavy atom. The van der Waals surface area contributed by atoms with E-state index in [0.29, 0.717) is 0 Å². The van der Waals surface area contributed by atoms with Gasteiger partial charge in [-0.05, 0) is 69.4 Å². The molecule has 0 atom stereocenters. The summed E-state index contributed by atoms with van der Waals surface area (Å²) in [6.45, 7) is 0. The molecule has 1 heterocycles. The van der Waals surface area contributed by atoms with Gasteiger partial charge in [0.25, 0.3) is 0 Å². The second-order valence-electron chi connectivity index (χ2n) is 10.2. The Bertz CT molecular complexity index is 2160. The first kappa shape index (κ1) is 22.6. The smallest absolute Gasteiger partial charge is 0.135 e. The number of rotatable bonds is 4. The van der Waals surface area contributed by atoms with Crippen LogP contribution >= 0.6 is 0 Å². The highest BCUT2D eigenvalue weighted by molar-refractivity contribution is 6.14.